The van der Waals surface area contributed by atoms with Crippen molar-refractivity contribution < 1.29 is 4.52 Å². The van der Waals surface area contributed by atoms with E-state index in [0.29, 0.717) is 23.5 Å². The average molecular weight is 416 g/mol. The predicted molar refractivity (Wildman–Crippen MR) is 113 cm³/mol. The normalized spacial score (nSPS) is 19.7. The summed E-state index contributed by atoms with van der Waals surface area (Å²) in [7, 11) is 0. The Morgan fingerprint density at radius 3 is 2.72 bits per heavy atom. The maximum Gasteiger partial charge on any atom is 0.278 e. The monoisotopic (exact) mass is 415 g/mol. The highest BCUT2D eigenvalue weighted by molar-refractivity contribution is 5.85. The summed E-state index contributed by atoms with van der Waals surface area (Å²) in [4.78, 5) is 11.5. The molecule has 154 valence electrons. The molecule has 0 radical (unpaired) electrons. The van der Waals surface area contributed by atoms with Crippen molar-refractivity contribution in [2.45, 2.75) is 38.1 Å². The van der Waals surface area contributed by atoms with Crippen LogP contribution in [-0.4, -0.2) is 51.1 Å². The molecule has 2 aliphatic rings. The third-order valence-corrected chi connectivity index (χ3v) is 5.58. The summed E-state index contributed by atoms with van der Waals surface area (Å²) < 4.78 is 7.46. The summed E-state index contributed by atoms with van der Waals surface area (Å²) in [5.74, 6) is 2.01. The van der Waals surface area contributed by atoms with Gasteiger partial charge in [-0.15, -0.1) is 12.4 Å². The number of pyridine rings is 1. The maximum atomic E-state index is 5.46. The molecule has 9 heteroatoms. The van der Waals surface area contributed by atoms with Gasteiger partial charge in [0.05, 0.1) is 6.04 Å². The highest BCUT2D eigenvalue weighted by Gasteiger charge is 2.19. The van der Waals surface area contributed by atoms with Crippen LogP contribution < -0.4 is 10.2 Å². The first-order valence-electron chi connectivity index (χ1n) is 10.2. The van der Waals surface area contributed by atoms with Crippen molar-refractivity contribution in [3.63, 3.8) is 0 Å². The van der Waals surface area contributed by atoms with Gasteiger partial charge in [0.25, 0.3) is 5.89 Å². The number of hydrogen-bond donors (Lipinski definition) is 1. The summed E-state index contributed by atoms with van der Waals surface area (Å²) in [6, 6.07) is 6.37. The Bertz CT molecular complexity index is 911. The van der Waals surface area contributed by atoms with Crippen molar-refractivity contribution in [3.8, 4) is 23.0 Å². The molecule has 0 amide bonds. The van der Waals surface area contributed by atoms with Crippen molar-refractivity contribution in [3.05, 3.63) is 30.6 Å². The van der Waals surface area contributed by atoms with Gasteiger partial charge in [0.1, 0.15) is 5.82 Å². The van der Waals surface area contributed by atoms with Gasteiger partial charge in [0.15, 0.2) is 5.69 Å². The molecular formula is C20H26ClN7O. The molecular weight excluding hydrogens is 390 g/mol. The van der Waals surface area contributed by atoms with Gasteiger partial charge in [-0.2, -0.15) is 10.1 Å². The van der Waals surface area contributed by atoms with Crippen molar-refractivity contribution >= 4 is 18.2 Å². The second-order valence-electron chi connectivity index (χ2n) is 7.56. The molecule has 2 fully saturated rings. The molecule has 0 saturated carbocycles. The van der Waals surface area contributed by atoms with E-state index in [0.717, 1.165) is 44.0 Å². The van der Waals surface area contributed by atoms with Crippen LogP contribution in [0.5, 0.6) is 0 Å². The highest BCUT2D eigenvalue weighted by Crippen LogP contribution is 2.24. The van der Waals surface area contributed by atoms with Crippen molar-refractivity contribution in [2.75, 3.05) is 31.1 Å². The molecule has 3 aromatic rings. The van der Waals surface area contributed by atoms with E-state index in [2.05, 4.69) is 30.4 Å². The lowest BCUT2D eigenvalue weighted by Gasteiger charge is -2.27. The van der Waals surface area contributed by atoms with E-state index in [9.17, 15) is 0 Å². The van der Waals surface area contributed by atoms with Gasteiger partial charge in [0.2, 0.25) is 5.82 Å². The number of nitrogens with one attached hydrogen (secondary N) is 1. The van der Waals surface area contributed by atoms with Crippen LogP contribution >= 0.6 is 12.4 Å². The third kappa shape index (κ3) is 4.28. The number of halogens is 1. The minimum atomic E-state index is 0. The fourth-order valence-electron chi connectivity index (χ4n) is 3.99. The van der Waals surface area contributed by atoms with Gasteiger partial charge >= 0.3 is 0 Å². The number of piperidine rings is 2. The van der Waals surface area contributed by atoms with Crippen LogP contribution in [0.1, 0.15) is 38.1 Å². The quantitative estimate of drug-likeness (QED) is 0.699. The second-order valence-corrected chi connectivity index (χ2v) is 7.56. The Balaban J connectivity index is 0.00000205. The molecule has 8 nitrogen and oxygen atoms in total. The Kier molecular flexibility index (Phi) is 6.10. The van der Waals surface area contributed by atoms with Crippen LogP contribution in [0.25, 0.3) is 23.0 Å². The number of hydrogen-bond acceptors (Lipinski definition) is 7. The van der Waals surface area contributed by atoms with Crippen LogP contribution in [0.2, 0.25) is 0 Å². The van der Waals surface area contributed by atoms with Crippen molar-refractivity contribution in [1.29, 1.82) is 0 Å². The first kappa shape index (κ1) is 19.8. The van der Waals surface area contributed by atoms with E-state index < -0.39 is 0 Å². The number of rotatable bonds is 4. The first-order valence-corrected chi connectivity index (χ1v) is 10.2. The van der Waals surface area contributed by atoms with E-state index in [1.54, 1.807) is 0 Å². The van der Waals surface area contributed by atoms with Gasteiger partial charge in [-0.3, -0.25) is 4.68 Å². The van der Waals surface area contributed by atoms with Crippen molar-refractivity contribution in [2.24, 2.45) is 0 Å². The van der Waals surface area contributed by atoms with Gasteiger partial charge in [-0.05, 0) is 56.8 Å². The zero-order valence-electron chi connectivity index (χ0n) is 16.3. The molecule has 1 unspecified atom stereocenters. The molecule has 5 rings (SSSR count). The van der Waals surface area contributed by atoms with Gasteiger partial charge in [0, 0.05) is 37.6 Å². The van der Waals surface area contributed by atoms with E-state index in [1.165, 1.54) is 25.7 Å². The fraction of sp³-hybridized carbons (Fsp3) is 0.500. The van der Waals surface area contributed by atoms with Crippen LogP contribution in [0, 0.1) is 0 Å². The minimum absolute atomic E-state index is 0. The zero-order valence-corrected chi connectivity index (χ0v) is 17.1. The standard InChI is InChI=1S/C20H25N7O.ClH/c1-2-10-26(11-3-1)18-7-6-15(13-22-18)19-23-20(28-25-19)17-8-12-27(24-17)16-5-4-9-21-14-16;/h6-8,12-13,16,21H,1-5,9-11,14H2;1H. The smallest absolute Gasteiger partial charge is 0.278 e. The lowest BCUT2D eigenvalue weighted by atomic mass is 10.1. The number of aromatic nitrogens is 5. The SMILES string of the molecule is Cl.c1cc(N2CCCCC2)ncc1-c1noc(-c2ccn(C3CCCNC3)n2)n1. The molecule has 0 aliphatic carbocycles. The van der Waals surface area contributed by atoms with Gasteiger partial charge in [-0.1, -0.05) is 5.16 Å². The molecule has 0 bridgehead atoms. The van der Waals surface area contributed by atoms with Crippen molar-refractivity contribution in [1.82, 2.24) is 30.2 Å². The fourth-order valence-corrected chi connectivity index (χ4v) is 3.99. The highest BCUT2D eigenvalue weighted by atomic mass is 35.5. The Labute approximate surface area is 176 Å². The minimum Gasteiger partial charge on any atom is -0.357 e. The molecule has 2 aliphatic heterocycles. The molecule has 3 aromatic heterocycles. The van der Waals surface area contributed by atoms with Crippen LogP contribution in [0.3, 0.4) is 0 Å². The summed E-state index contributed by atoms with van der Waals surface area (Å²) in [5.41, 5.74) is 1.56. The Morgan fingerprint density at radius 1 is 1.07 bits per heavy atom. The van der Waals surface area contributed by atoms with Gasteiger partial charge < -0.3 is 14.7 Å². The van der Waals surface area contributed by atoms with Gasteiger partial charge in [-0.25, -0.2) is 4.98 Å². The summed E-state index contributed by atoms with van der Waals surface area (Å²) in [6.07, 6.45) is 9.91. The van der Waals surface area contributed by atoms with Crippen LogP contribution in [0.15, 0.2) is 35.1 Å². The topological polar surface area (TPSA) is 84.9 Å². The second kappa shape index (κ2) is 8.92. The summed E-state index contributed by atoms with van der Waals surface area (Å²) >= 11 is 0. The van der Waals surface area contributed by atoms with Crippen LogP contribution in [0.4, 0.5) is 5.82 Å². The number of nitrogens with zero attached hydrogens (tertiary/aromatic N) is 6. The molecule has 1 atom stereocenters. The zero-order chi connectivity index (χ0) is 18.8. The summed E-state index contributed by atoms with van der Waals surface area (Å²) in [5, 5.41) is 12.2. The predicted octanol–water partition coefficient (Wildman–Crippen LogP) is 3.33. The Hall–Kier alpha value is -2.45. The first-order chi connectivity index (χ1) is 13.9. The molecule has 0 spiro atoms. The summed E-state index contributed by atoms with van der Waals surface area (Å²) in [6.45, 7) is 4.20. The molecule has 1 N–H and O–H groups in total. The molecule has 29 heavy (non-hydrogen) atoms. The molecule has 2 saturated heterocycles. The molecule has 0 aromatic carbocycles. The van der Waals surface area contributed by atoms with E-state index >= 15 is 0 Å². The van der Waals surface area contributed by atoms with E-state index in [1.807, 2.05) is 35.3 Å². The lowest BCUT2D eigenvalue weighted by molar-refractivity contribution is 0.346. The number of anilines is 1. The van der Waals surface area contributed by atoms with E-state index in [-0.39, 0.29) is 12.4 Å². The van der Waals surface area contributed by atoms with E-state index in [4.69, 9.17) is 4.52 Å². The Morgan fingerprint density at radius 2 is 1.97 bits per heavy atom. The lowest BCUT2D eigenvalue weighted by Crippen LogP contribution is -2.31. The molecule has 5 heterocycles. The third-order valence-electron chi connectivity index (χ3n) is 5.58. The average Bonchev–Trinajstić information content (AvgIpc) is 3.45. The largest absolute Gasteiger partial charge is 0.357 e. The van der Waals surface area contributed by atoms with Crippen LogP contribution in [-0.2, 0) is 0 Å². The maximum absolute atomic E-state index is 5.46.